The molecule has 0 radical (unpaired) electrons. The molecule has 0 aromatic heterocycles. The Morgan fingerprint density at radius 3 is 2.79 bits per heavy atom. The van der Waals surface area contributed by atoms with Crippen LogP contribution in [0.25, 0.3) is 0 Å². The van der Waals surface area contributed by atoms with E-state index in [0.717, 1.165) is 16.5 Å². The van der Waals surface area contributed by atoms with Gasteiger partial charge in [-0.05, 0) is 18.1 Å². The van der Waals surface area contributed by atoms with Crippen LogP contribution in [0.4, 0.5) is 5.69 Å². The normalized spacial score (nSPS) is 12.5. The molecule has 0 fully saturated rings. The van der Waals surface area contributed by atoms with Crippen LogP contribution in [0.15, 0.2) is 22.7 Å². The molecule has 0 heterocycles. The lowest BCUT2D eigenvalue weighted by Crippen LogP contribution is -2.09. The van der Waals surface area contributed by atoms with Crippen LogP contribution in [0, 0.1) is 10.1 Å². The zero-order valence-corrected chi connectivity index (χ0v) is 9.32. The number of nitrogens with two attached hydrogens (primary N) is 1. The maximum Gasteiger partial charge on any atom is 0.269 e. The van der Waals surface area contributed by atoms with Gasteiger partial charge in [0.2, 0.25) is 0 Å². The minimum Gasteiger partial charge on any atom is -0.324 e. The highest BCUT2D eigenvalue weighted by Gasteiger charge is 2.13. The van der Waals surface area contributed by atoms with Crippen LogP contribution in [0.3, 0.4) is 0 Å². The molecule has 0 amide bonds. The summed E-state index contributed by atoms with van der Waals surface area (Å²) in [7, 11) is 0. The predicted molar refractivity (Wildman–Crippen MR) is 58.0 cm³/mol. The van der Waals surface area contributed by atoms with Crippen LogP contribution < -0.4 is 5.73 Å². The van der Waals surface area contributed by atoms with Crippen LogP contribution in [0.2, 0.25) is 0 Å². The van der Waals surface area contributed by atoms with Crippen molar-refractivity contribution in [1.82, 2.24) is 0 Å². The van der Waals surface area contributed by atoms with Crippen molar-refractivity contribution < 1.29 is 4.92 Å². The maximum absolute atomic E-state index is 10.5. The minimum atomic E-state index is -0.418. The third-order valence-electron chi connectivity index (χ3n) is 2.03. The van der Waals surface area contributed by atoms with Crippen molar-refractivity contribution in [3.63, 3.8) is 0 Å². The SMILES string of the molecule is CC[C@H](N)c1cc([N+](=O)[O-])ccc1Br. The van der Waals surface area contributed by atoms with E-state index in [1.54, 1.807) is 6.07 Å². The first-order chi connectivity index (χ1) is 6.56. The summed E-state index contributed by atoms with van der Waals surface area (Å²) in [5.74, 6) is 0. The number of nitro groups is 1. The van der Waals surface area contributed by atoms with Crippen molar-refractivity contribution in [1.29, 1.82) is 0 Å². The van der Waals surface area contributed by atoms with Crippen LogP contribution in [-0.2, 0) is 0 Å². The third kappa shape index (κ3) is 2.30. The van der Waals surface area contributed by atoms with Gasteiger partial charge in [0.25, 0.3) is 5.69 Å². The van der Waals surface area contributed by atoms with E-state index in [9.17, 15) is 10.1 Å². The number of benzene rings is 1. The molecule has 5 heteroatoms. The molecule has 2 N–H and O–H groups in total. The number of nitrogens with zero attached hydrogens (tertiary/aromatic N) is 1. The number of nitro benzene ring substituents is 1. The molecule has 0 aliphatic carbocycles. The fraction of sp³-hybridized carbons (Fsp3) is 0.333. The highest BCUT2D eigenvalue weighted by atomic mass is 79.9. The molecular formula is C9H11BrN2O2. The van der Waals surface area contributed by atoms with E-state index >= 15 is 0 Å². The largest absolute Gasteiger partial charge is 0.324 e. The summed E-state index contributed by atoms with van der Waals surface area (Å²) in [6, 6.07) is 4.46. The zero-order valence-electron chi connectivity index (χ0n) is 7.74. The van der Waals surface area contributed by atoms with Gasteiger partial charge in [0.15, 0.2) is 0 Å². The smallest absolute Gasteiger partial charge is 0.269 e. The summed E-state index contributed by atoms with van der Waals surface area (Å²) in [5.41, 5.74) is 6.67. The Bertz CT molecular complexity index is 355. The zero-order chi connectivity index (χ0) is 10.7. The summed E-state index contributed by atoms with van der Waals surface area (Å²) in [6.07, 6.45) is 0.750. The topological polar surface area (TPSA) is 69.2 Å². The lowest BCUT2D eigenvalue weighted by atomic mass is 10.1. The Morgan fingerprint density at radius 1 is 1.64 bits per heavy atom. The molecule has 0 aliphatic heterocycles. The Labute approximate surface area is 90.4 Å². The van der Waals surface area contributed by atoms with Gasteiger partial charge in [-0.15, -0.1) is 0 Å². The molecule has 0 saturated carbocycles. The van der Waals surface area contributed by atoms with Gasteiger partial charge in [0.05, 0.1) is 4.92 Å². The average molecular weight is 259 g/mol. The summed E-state index contributed by atoms with van der Waals surface area (Å²) in [6.45, 7) is 1.94. The van der Waals surface area contributed by atoms with E-state index < -0.39 is 4.92 Å². The van der Waals surface area contributed by atoms with Crippen molar-refractivity contribution in [3.05, 3.63) is 38.3 Å². The summed E-state index contributed by atoms with van der Waals surface area (Å²) < 4.78 is 0.817. The van der Waals surface area contributed by atoms with Crippen molar-refractivity contribution in [2.45, 2.75) is 19.4 Å². The molecule has 0 spiro atoms. The molecular weight excluding hydrogens is 248 g/mol. The molecule has 1 aromatic rings. The van der Waals surface area contributed by atoms with Crippen LogP contribution in [0.5, 0.6) is 0 Å². The standard InChI is InChI=1S/C9H11BrN2O2/c1-2-9(11)7-5-6(12(13)14)3-4-8(7)10/h3-5,9H,2,11H2,1H3/t9-/m0/s1. The van der Waals surface area contributed by atoms with Crippen molar-refractivity contribution in [3.8, 4) is 0 Å². The maximum atomic E-state index is 10.5. The van der Waals surface area contributed by atoms with Gasteiger partial charge in [-0.1, -0.05) is 22.9 Å². The molecule has 0 aliphatic rings. The number of hydrogen-bond acceptors (Lipinski definition) is 3. The summed E-state index contributed by atoms with van der Waals surface area (Å²) in [5, 5.41) is 10.5. The molecule has 0 unspecified atom stereocenters. The van der Waals surface area contributed by atoms with Crippen molar-refractivity contribution >= 4 is 21.6 Å². The monoisotopic (exact) mass is 258 g/mol. The first-order valence-corrected chi connectivity index (χ1v) is 5.05. The molecule has 1 atom stereocenters. The van der Waals surface area contributed by atoms with Crippen LogP contribution in [0.1, 0.15) is 24.9 Å². The summed E-state index contributed by atoms with van der Waals surface area (Å²) >= 11 is 3.32. The van der Waals surface area contributed by atoms with Crippen LogP contribution in [-0.4, -0.2) is 4.92 Å². The number of hydrogen-bond donors (Lipinski definition) is 1. The highest BCUT2D eigenvalue weighted by molar-refractivity contribution is 9.10. The van der Waals surface area contributed by atoms with Gasteiger partial charge in [-0.2, -0.15) is 0 Å². The van der Waals surface area contributed by atoms with Gasteiger partial charge >= 0.3 is 0 Å². The van der Waals surface area contributed by atoms with E-state index in [4.69, 9.17) is 5.73 Å². The van der Waals surface area contributed by atoms with Gasteiger partial charge in [-0.3, -0.25) is 10.1 Å². The quantitative estimate of drug-likeness (QED) is 0.670. The van der Waals surface area contributed by atoms with Gasteiger partial charge in [-0.25, -0.2) is 0 Å². The molecule has 1 aromatic carbocycles. The van der Waals surface area contributed by atoms with E-state index in [-0.39, 0.29) is 11.7 Å². The van der Waals surface area contributed by atoms with Crippen molar-refractivity contribution in [2.75, 3.05) is 0 Å². The van der Waals surface area contributed by atoms with E-state index in [1.165, 1.54) is 12.1 Å². The molecule has 14 heavy (non-hydrogen) atoms. The second-order valence-corrected chi connectivity index (χ2v) is 3.83. The highest BCUT2D eigenvalue weighted by Crippen LogP contribution is 2.27. The fourth-order valence-corrected chi connectivity index (χ4v) is 1.69. The fourth-order valence-electron chi connectivity index (χ4n) is 1.15. The Morgan fingerprint density at radius 2 is 2.29 bits per heavy atom. The third-order valence-corrected chi connectivity index (χ3v) is 2.75. The first kappa shape index (κ1) is 11.1. The van der Waals surface area contributed by atoms with Gasteiger partial charge in [0, 0.05) is 22.6 Å². The first-order valence-electron chi connectivity index (χ1n) is 4.25. The molecule has 4 nitrogen and oxygen atoms in total. The van der Waals surface area contributed by atoms with E-state index in [0.29, 0.717) is 0 Å². The Balaban J connectivity index is 3.14. The number of rotatable bonds is 3. The second-order valence-electron chi connectivity index (χ2n) is 2.98. The predicted octanol–water partition coefficient (Wildman–Crippen LogP) is 2.77. The average Bonchev–Trinajstić information content (AvgIpc) is 2.17. The Kier molecular flexibility index (Phi) is 3.60. The van der Waals surface area contributed by atoms with E-state index in [2.05, 4.69) is 15.9 Å². The molecule has 1 rings (SSSR count). The lowest BCUT2D eigenvalue weighted by Gasteiger charge is -2.10. The van der Waals surface area contributed by atoms with Crippen LogP contribution >= 0.6 is 15.9 Å². The lowest BCUT2D eigenvalue weighted by molar-refractivity contribution is -0.384. The number of halogens is 1. The van der Waals surface area contributed by atoms with Gasteiger partial charge in [0.1, 0.15) is 0 Å². The molecule has 76 valence electrons. The summed E-state index contributed by atoms with van der Waals surface area (Å²) in [4.78, 5) is 10.1. The van der Waals surface area contributed by atoms with Crippen molar-refractivity contribution in [2.24, 2.45) is 5.73 Å². The second kappa shape index (κ2) is 4.52. The number of non-ortho nitro benzene ring substituents is 1. The minimum absolute atomic E-state index is 0.0760. The van der Waals surface area contributed by atoms with E-state index in [1.807, 2.05) is 6.92 Å². The van der Waals surface area contributed by atoms with Gasteiger partial charge < -0.3 is 5.73 Å². The molecule has 0 saturated heterocycles. The Hall–Kier alpha value is -0.940. The molecule has 0 bridgehead atoms.